The smallest absolute Gasteiger partial charge is 0.109 e. The third-order valence-corrected chi connectivity index (χ3v) is 2.87. The molecule has 17 heavy (non-hydrogen) atoms. The Labute approximate surface area is 110 Å². The van der Waals surface area contributed by atoms with Crippen molar-refractivity contribution in [3.05, 3.63) is 51.4 Å². The van der Waals surface area contributed by atoms with Gasteiger partial charge in [-0.05, 0) is 38.1 Å². The molecule has 0 aliphatic carbocycles. The van der Waals surface area contributed by atoms with Crippen LogP contribution in [0.5, 0.6) is 0 Å². The van der Waals surface area contributed by atoms with Crippen molar-refractivity contribution >= 4 is 35.1 Å². The lowest BCUT2D eigenvalue weighted by atomic mass is 10.2. The van der Waals surface area contributed by atoms with Crippen LogP contribution in [0.1, 0.15) is 17.1 Å². The summed E-state index contributed by atoms with van der Waals surface area (Å²) in [5, 5.41) is 1.14. The summed E-state index contributed by atoms with van der Waals surface area (Å²) in [5.41, 5.74) is 1.64. The van der Waals surface area contributed by atoms with Crippen LogP contribution in [0, 0.1) is 13.8 Å². The summed E-state index contributed by atoms with van der Waals surface area (Å²) in [7, 11) is 0. The highest BCUT2D eigenvalue weighted by Gasteiger charge is 2.02. The zero-order valence-corrected chi connectivity index (χ0v) is 11.0. The molecule has 0 saturated carbocycles. The Morgan fingerprint density at radius 2 is 1.94 bits per heavy atom. The van der Waals surface area contributed by atoms with Gasteiger partial charge in [0.1, 0.15) is 11.5 Å². The molecule has 0 atom stereocenters. The van der Waals surface area contributed by atoms with Crippen LogP contribution in [0.2, 0.25) is 10.0 Å². The van der Waals surface area contributed by atoms with E-state index in [0.29, 0.717) is 15.7 Å². The molecule has 0 saturated heterocycles. The highest BCUT2D eigenvalue weighted by molar-refractivity contribution is 6.36. The quantitative estimate of drug-likeness (QED) is 0.707. The van der Waals surface area contributed by atoms with Crippen molar-refractivity contribution in [3.8, 4) is 0 Å². The number of hydrogen-bond acceptors (Lipinski definition) is 2. The molecule has 0 N–H and O–H groups in total. The molecule has 2 aromatic rings. The molecule has 88 valence electrons. The Hall–Kier alpha value is -1.25. The van der Waals surface area contributed by atoms with Gasteiger partial charge >= 0.3 is 0 Å². The van der Waals surface area contributed by atoms with Crippen LogP contribution in [-0.2, 0) is 0 Å². The van der Waals surface area contributed by atoms with E-state index >= 15 is 0 Å². The number of nitrogens with zero attached hydrogens (tertiary/aromatic N) is 1. The Kier molecular flexibility index (Phi) is 3.55. The van der Waals surface area contributed by atoms with E-state index in [9.17, 15) is 0 Å². The predicted molar refractivity (Wildman–Crippen MR) is 71.9 cm³/mol. The van der Waals surface area contributed by atoms with Gasteiger partial charge in [-0.3, -0.25) is 4.99 Å². The molecular formula is C13H11Cl2NO. The van der Waals surface area contributed by atoms with Crippen LogP contribution in [0.4, 0.5) is 5.69 Å². The number of hydrogen-bond donors (Lipinski definition) is 0. The van der Waals surface area contributed by atoms with Crippen molar-refractivity contribution < 1.29 is 4.42 Å². The van der Waals surface area contributed by atoms with E-state index in [4.69, 9.17) is 27.6 Å². The third-order valence-electron chi connectivity index (χ3n) is 2.33. The van der Waals surface area contributed by atoms with Gasteiger partial charge in [-0.25, -0.2) is 0 Å². The van der Waals surface area contributed by atoms with Gasteiger partial charge in [0, 0.05) is 16.8 Å². The number of aryl methyl sites for hydroxylation is 2. The summed E-state index contributed by atoms with van der Waals surface area (Å²) in [4.78, 5) is 4.32. The van der Waals surface area contributed by atoms with Crippen molar-refractivity contribution in [1.82, 2.24) is 0 Å². The molecule has 0 bridgehead atoms. The minimum Gasteiger partial charge on any atom is -0.466 e. The first-order valence-electron chi connectivity index (χ1n) is 5.12. The Morgan fingerprint density at radius 1 is 1.18 bits per heavy atom. The molecule has 1 aromatic carbocycles. The average Bonchev–Trinajstić information content (AvgIpc) is 2.56. The second kappa shape index (κ2) is 4.94. The highest BCUT2D eigenvalue weighted by Crippen LogP contribution is 2.27. The van der Waals surface area contributed by atoms with Gasteiger partial charge in [-0.1, -0.05) is 23.2 Å². The van der Waals surface area contributed by atoms with Crippen molar-refractivity contribution in [1.29, 1.82) is 0 Å². The fraction of sp³-hybridized carbons (Fsp3) is 0.154. The first kappa shape index (κ1) is 12.2. The van der Waals surface area contributed by atoms with E-state index in [2.05, 4.69) is 4.99 Å². The first-order valence-corrected chi connectivity index (χ1v) is 5.88. The fourth-order valence-corrected chi connectivity index (χ4v) is 1.96. The summed E-state index contributed by atoms with van der Waals surface area (Å²) in [5.74, 6) is 1.71. The molecule has 4 heteroatoms. The molecule has 0 spiro atoms. The molecule has 2 rings (SSSR count). The summed E-state index contributed by atoms with van der Waals surface area (Å²) >= 11 is 11.8. The maximum absolute atomic E-state index is 6.02. The van der Waals surface area contributed by atoms with E-state index in [-0.39, 0.29) is 0 Å². The Bertz CT molecular complexity index is 573. The monoisotopic (exact) mass is 267 g/mol. The molecule has 0 amide bonds. The lowest BCUT2D eigenvalue weighted by molar-refractivity contribution is 0.504. The number of rotatable bonds is 2. The fourth-order valence-electron chi connectivity index (χ4n) is 1.50. The number of benzene rings is 1. The second-order valence-corrected chi connectivity index (χ2v) is 4.57. The molecule has 0 unspecified atom stereocenters. The first-order chi connectivity index (χ1) is 8.06. The van der Waals surface area contributed by atoms with Gasteiger partial charge in [-0.15, -0.1) is 0 Å². The number of halogens is 2. The van der Waals surface area contributed by atoms with Gasteiger partial charge in [-0.2, -0.15) is 0 Å². The molecule has 0 aliphatic heterocycles. The molecule has 2 nitrogen and oxygen atoms in total. The van der Waals surface area contributed by atoms with Crippen LogP contribution < -0.4 is 0 Å². The second-order valence-electron chi connectivity index (χ2n) is 3.72. The molecule has 0 fully saturated rings. The summed E-state index contributed by atoms with van der Waals surface area (Å²) in [6, 6.07) is 7.14. The lowest BCUT2D eigenvalue weighted by Gasteiger charge is -1.97. The molecule has 1 heterocycles. The zero-order valence-electron chi connectivity index (χ0n) is 9.50. The normalized spacial score (nSPS) is 11.3. The van der Waals surface area contributed by atoms with Crippen LogP contribution in [0.15, 0.2) is 33.7 Å². The molecule has 1 aromatic heterocycles. The van der Waals surface area contributed by atoms with Crippen LogP contribution in [0.25, 0.3) is 0 Å². The van der Waals surface area contributed by atoms with Crippen molar-refractivity contribution in [2.45, 2.75) is 13.8 Å². The van der Waals surface area contributed by atoms with E-state index in [1.54, 1.807) is 24.4 Å². The Morgan fingerprint density at radius 3 is 2.53 bits per heavy atom. The topological polar surface area (TPSA) is 25.5 Å². The SMILES string of the molecule is Cc1cc(C=Nc2ccc(Cl)cc2Cl)c(C)o1. The number of aliphatic imine (C=N–C) groups is 1. The molecule has 0 aliphatic rings. The number of furan rings is 1. The highest BCUT2D eigenvalue weighted by atomic mass is 35.5. The van der Waals surface area contributed by atoms with Crippen molar-refractivity contribution in [2.75, 3.05) is 0 Å². The van der Waals surface area contributed by atoms with E-state index in [1.165, 1.54) is 0 Å². The molecular weight excluding hydrogens is 257 g/mol. The maximum Gasteiger partial charge on any atom is 0.109 e. The van der Waals surface area contributed by atoms with Crippen molar-refractivity contribution in [2.24, 2.45) is 4.99 Å². The Balaban J connectivity index is 2.29. The van der Waals surface area contributed by atoms with Gasteiger partial charge < -0.3 is 4.42 Å². The van der Waals surface area contributed by atoms with E-state index in [1.807, 2.05) is 19.9 Å². The third kappa shape index (κ3) is 2.90. The minimum absolute atomic E-state index is 0.534. The zero-order chi connectivity index (χ0) is 12.4. The van der Waals surface area contributed by atoms with Gasteiger partial charge in [0.2, 0.25) is 0 Å². The van der Waals surface area contributed by atoms with Crippen LogP contribution in [-0.4, -0.2) is 6.21 Å². The maximum atomic E-state index is 6.02. The van der Waals surface area contributed by atoms with Gasteiger partial charge in [0.15, 0.2) is 0 Å². The van der Waals surface area contributed by atoms with Gasteiger partial charge in [0.25, 0.3) is 0 Å². The van der Waals surface area contributed by atoms with Gasteiger partial charge in [0.05, 0.1) is 10.7 Å². The van der Waals surface area contributed by atoms with Crippen molar-refractivity contribution in [3.63, 3.8) is 0 Å². The van der Waals surface area contributed by atoms with Crippen LogP contribution in [0.3, 0.4) is 0 Å². The minimum atomic E-state index is 0.534. The molecule has 0 radical (unpaired) electrons. The largest absolute Gasteiger partial charge is 0.466 e. The van der Waals surface area contributed by atoms with Crippen LogP contribution >= 0.6 is 23.2 Å². The van der Waals surface area contributed by atoms with E-state index < -0.39 is 0 Å². The average molecular weight is 268 g/mol. The summed E-state index contributed by atoms with van der Waals surface area (Å²) in [6.45, 7) is 3.80. The van der Waals surface area contributed by atoms with E-state index in [0.717, 1.165) is 17.1 Å². The summed E-state index contributed by atoms with van der Waals surface area (Å²) in [6.07, 6.45) is 1.74. The predicted octanol–water partition coefficient (Wildman–Crippen LogP) is 4.95. The standard InChI is InChI=1S/C13H11Cl2NO/c1-8-5-10(9(2)17-8)7-16-13-4-3-11(14)6-12(13)15/h3-7H,1-2H3. The summed E-state index contributed by atoms with van der Waals surface area (Å²) < 4.78 is 5.41. The lowest BCUT2D eigenvalue weighted by Crippen LogP contribution is -1.79.